The molecule has 5 heteroatoms. The standard InChI is InChI=1S/C15H18ClNO3/c16-12-5-1-3-10(7-12)8-14(18)17-13-6-2-4-11(9-13)15(19)20/h1,3,5,7,11,13H,2,4,6,8-9H2,(H,17,18)(H,19,20). The van der Waals surface area contributed by atoms with E-state index in [-0.39, 0.29) is 24.3 Å². The van der Waals surface area contributed by atoms with E-state index in [9.17, 15) is 9.59 Å². The zero-order valence-electron chi connectivity index (χ0n) is 11.1. The fraction of sp³-hybridized carbons (Fsp3) is 0.467. The van der Waals surface area contributed by atoms with Crippen LogP contribution < -0.4 is 5.32 Å². The molecule has 108 valence electrons. The maximum atomic E-state index is 12.0. The Labute approximate surface area is 123 Å². The van der Waals surface area contributed by atoms with Crippen LogP contribution in [0.2, 0.25) is 5.02 Å². The van der Waals surface area contributed by atoms with Crippen LogP contribution in [-0.2, 0) is 16.0 Å². The number of nitrogens with one attached hydrogen (secondary N) is 1. The van der Waals surface area contributed by atoms with Crippen molar-refractivity contribution >= 4 is 23.5 Å². The highest BCUT2D eigenvalue weighted by Crippen LogP contribution is 2.24. The number of carboxylic acid groups (broad SMARTS) is 1. The summed E-state index contributed by atoms with van der Waals surface area (Å²) in [5.41, 5.74) is 0.862. The van der Waals surface area contributed by atoms with Crippen LogP contribution in [0.4, 0.5) is 0 Å². The van der Waals surface area contributed by atoms with Crippen LogP contribution in [0.1, 0.15) is 31.2 Å². The Kier molecular flexibility index (Phi) is 5.01. The van der Waals surface area contributed by atoms with Gasteiger partial charge in [0.1, 0.15) is 0 Å². The summed E-state index contributed by atoms with van der Waals surface area (Å²) in [5.74, 6) is -1.18. The van der Waals surface area contributed by atoms with Gasteiger partial charge < -0.3 is 10.4 Å². The lowest BCUT2D eigenvalue weighted by Crippen LogP contribution is -2.40. The highest BCUT2D eigenvalue weighted by molar-refractivity contribution is 6.30. The first-order valence-electron chi connectivity index (χ1n) is 6.81. The molecule has 2 rings (SSSR count). The number of halogens is 1. The largest absolute Gasteiger partial charge is 0.481 e. The van der Waals surface area contributed by atoms with E-state index in [1.54, 1.807) is 12.1 Å². The number of carbonyl (C=O) groups excluding carboxylic acids is 1. The maximum absolute atomic E-state index is 12.0. The number of rotatable bonds is 4. The molecule has 0 aromatic heterocycles. The lowest BCUT2D eigenvalue weighted by atomic mass is 9.85. The number of hydrogen-bond acceptors (Lipinski definition) is 2. The Balaban J connectivity index is 1.86. The molecule has 1 amide bonds. The molecule has 4 nitrogen and oxygen atoms in total. The molecule has 0 bridgehead atoms. The van der Waals surface area contributed by atoms with Crippen molar-refractivity contribution in [1.29, 1.82) is 0 Å². The van der Waals surface area contributed by atoms with Gasteiger partial charge in [-0.25, -0.2) is 0 Å². The van der Waals surface area contributed by atoms with Crippen molar-refractivity contribution in [2.45, 2.75) is 38.1 Å². The Morgan fingerprint density at radius 3 is 2.85 bits per heavy atom. The number of aliphatic carboxylic acids is 1. The highest BCUT2D eigenvalue weighted by atomic mass is 35.5. The summed E-state index contributed by atoms with van der Waals surface area (Å²) in [5, 5.41) is 12.6. The molecule has 0 heterocycles. The Morgan fingerprint density at radius 1 is 1.35 bits per heavy atom. The van der Waals surface area contributed by atoms with Gasteiger partial charge in [-0.05, 0) is 37.0 Å². The number of amides is 1. The van der Waals surface area contributed by atoms with Gasteiger partial charge in [-0.3, -0.25) is 9.59 Å². The van der Waals surface area contributed by atoms with Gasteiger partial charge >= 0.3 is 5.97 Å². The zero-order valence-corrected chi connectivity index (χ0v) is 11.9. The second kappa shape index (κ2) is 6.75. The molecule has 1 aromatic rings. The fourth-order valence-electron chi connectivity index (χ4n) is 2.66. The van der Waals surface area contributed by atoms with Crippen LogP contribution in [0.5, 0.6) is 0 Å². The van der Waals surface area contributed by atoms with Gasteiger partial charge in [0.15, 0.2) is 0 Å². The predicted molar refractivity (Wildman–Crippen MR) is 76.7 cm³/mol. The van der Waals surface area contributed by atoms with Crippen LogP contribution in [0.25, 0.3) is 0 Å². The van der Waals surface area contributed by atoms with E-state index in [2.05, 4.69) is 5.32 Å². The third kappa shape index (κ3) is 4.23. The number of carboxylic acids is 1. The predicted octanol–water partition coefficient (Wildman–Crippen LogP) is 2.64. The summed E-state index contributed by atoms with van der Waals surface area (Å²) in [6, 6.07) is 7.17. The summed E-state index contributed by atoms with van der Waals surface area (Å²) in [6.45, 7) is 0. The number of benzene rings is 1. The summed E-state index contributed by atoms with van der Waals surface area (Å²) >= 11 is 5.88. The molecule has 0 radical (unpaired) electrons. The first kappa shape index (κ1) is 14.9. The average Bonchev–Trinajstić information content (AvgIpc) is 2.38. The molecule has 1 fully saturated rings. The zero-order chi connectivity index (χ0) is 14.5. The maximum Gasteiger partial charge on any atom is 0.306 e. The Hall–Kier alpha value is -1.55. The van der Waals surface area contributed by atoms with Crippen LogP contribution >= 0.6 is 11.6 Å². The normalized spacial score (nSPS) is 22.2. The quantitative estimate of drug-likeness (QED) is 0.897. The van der Waals surface area contributed by atoms with Crippen LogP contribution in [0.3, 0.4) is 0 Å². The third-order valence-corrected chi connectivity index (χ3v) is 3.88. The van der Waals surface area contributed by atoms with Gasteiger partial charge in [-0.2, -0.15) is 0 Å². The molecule has 0 aliphatic heterocycles. The van der Waals surface area contributed by atoms with E-state index in [1.165, 1.54) is 0 Å². The average molecular weight is 296 g/mol. The molecule has 1 aliphatic rings. The second-order valence-corrected chi connectivity index (χ2v) is 5.71. The minimum absolute atomic E-state index is 0.0310. The Morgan fingerprint density at radius 2 is 2.15 bits per heavy atom. The molecule has 0 spiro atoms. The van der Waals surface area contributed by atoms with Crippen molar-refractivity contribution in [3.05, 3.63) is 34.9 Å². The summed E-state index contributed by atoms with van der Waals surface area (Å²) in [6.07, 6.45) is 3.20. The second-order valence-electron chi connectivity index (χ2n) is 5.27. The molecule has 2 unspecified atom stereocenters. The van der Waals surface area contributed by atoms with Gasteiger partial charge in [0.05, 0.1) is 12.3 Å². The molecular formula is C15H18ClNO3. The van der Waals surface area contributed by atoms with Crippen LogP contribution in [0.15, 0.2) is 24.3 Å². The lowest BCUT2D eigenvalue weighted by molar-refractivity contribution is -0.143. The molecule has 2 N–H and O–H groups in total. The minimum atomic E-state index is -0.765. The smallest absolute Gasteiger partial charge is 0.306 e. The van der Waals surface area contributed by atoms with Crippen molar-refractivity contribution in [1.82, 2.24) is 5.32 Å². The summed E-state index contributed by atoms with van der Waals surface area (Å²) in [7, 11) is 0. The van der Waals surface area contributed by atoms with Crippen LogP contribution in [-0.4, -0.2) is 23.0 Å². The van der Waals surface area contributed by atoms with E-state index in [4.69, 9.17) is 16.7 Å². The molecule has 1 aromatic carbocycles. The van der Waals surface area contributed by atoms with E-state index < -0.39 is 5.97 Å². The molecule has 20 heavy (non-hydrogen) atoms. The number of carbonyl (C=O) groups is 2. The van der Waals surface area contributed by atoms with Crippen molar-refractivity contribution in [3.8, 4) is 0 Å². The lowest BCUT2D eigenvalue weighted by Gasteiger charge is -2.27. The van der Waals surface area contributed by atoms with Gasteiger partial charge in [0, 0.05) is 11.1 Å². The van der Waals surface area contributed by atoms with Gasteiger partial charge in [-0.15, -0.1) is 0 Å². The van der Waals surface area contributed by atoms with E-state index in [1.807, 2.05) is 12.1 Å². The van der Waals surface area contributed by atoms with E-state index in [0.29, 0.717) is 17.9 Å². The minimum Gasteiger partial charge on any atom is -0.481 e. The van der Waals surface area contributed by atoms with Crippen molar-refractivity contribution in [2.75, 3.05) is 0 Å². The first-order chi connectivity index (χ1) is 9.54. The van der Waals surface area contributed by atoms with Crippen molar-refractivity contribution < 1.29 is 14.7 Å². The Bertz CT molecular complexity index is 504. The van der Waals surface area contributed by atoms with Crippen LogP contribution in [0, 0.1) is 5.92 Å². The monoisotopic (exact) mass is 295 g/mol. The molecule has 2 atom stereocenters. The SMILES string of the molecule is O=C(Cc1cccc(Cl)c1)NC1CCCC(C(=O)O)C1. The van der Waals surface area contributed by atoms with E-state index in [0.717, 1.165) is 18.4 Å². The van der Waals surface area contributed by atoms with E-state index >= 15 is 0 Å². The molecular weight excluding hydrogens is 278 g/mol. The van der Waals surface area contributed by atoms with Gasteiger partial charge in [-0.1, -0.05) is 30.2 Å². The fourth-order valence-corrected chi connectivity index (χ4v) is 2.87. The van der Waals surface area contributed by atoms with Gasteiger partial charge in [0.25, 0.3) is 0 Å². The topological polar surface area (TPSA) is 66.4 Å². The molecule has 1 saturated carbocycles. The molecule has 0 saturated heterocycles. The highest BCUT2D eigenvalue weighted by Gasteiger charge is 2.27. The van der Waals surface area contributed by atoms with Crippen molar-refractivity contribution in [3.63, 3.8) is 0 Å². The molecule has 1 aliphatic carbocycles. The summed E-state index contributed by atoms with van der Waals surface area (Å²) < 4.78 is 0. The first-order valence-corrected chi connectivity index (χ1v) is 7.19. The van der Waals surface area contributed by atoms with Gasteiger partial charge in [0.2, 0.25) is 5.91 Å². The third-order valence-electron chi connectivity index (χ3n) is 3.64. The number of hydrogen-bond donors (Lipinski definition) is 2. The van der Waals surface area contributed by atoms with Crippen molar-refractivity contribution in [2.24, 2.45) is 5.92 Å². The summed E-state index contributed by atoms with van der Waals surface area (Å²) in [4.78, 5) is 23.0.